The molecule has 1 N–H and O–H groups in total. The van der Waals surface area contributed by atoms with Crippen molar-refractivity contribution in [3.63, 3.8) is 0 Å². The largest absolute Gasteiger partial charge is 0.383 e. The molecule has 0 aliphatic carbocycles. The maximum Gasteiger partial charge on any atom is 0.271 e. The summed E-state index contributed by atoms with van der Waals surface area (Å²) < 4.78 is 7.06. The van der Waals surface area contributed by atoms with Gasteiger partial charge in [-0.15, -0.1) is 11.3 Å². The van der Waals surface area contributed by atoms with Crippen LogP contribution >= 0.6 is 11.3 Å². The number of aryl methyl sites for hydroxylation is 1. The van der Waals surface area contributed by atoms with E-state index < -0.39 is 5.54 Å². The number of benzene rings is 1. The Balaban J connectivity index is 1.76. The highest BCUT2D eigenvalue weighted by Gasteiger charge is 2.47. The lowest BCUT2D eigenvalue weighted by atomic mass is 9.93. The lowest BCUT2D eigenvalue weighted by Gasteiger charge is -2.44. The van der Waals surface area contributed by atoms with Crippen LogP contribution < -0.4 is 5.32 Å². The molecular weight excluding hydrogens is 386 g/mol. The average molecular weight is 412 g/mol. The number of aromatic nitrogens is 1. The molecule has 0 bridgehead atoms. The first-order chi connectivity index (χ1) is 14.0. The minimum Gasteiger partial charge on any atom is -0.383 e. The van der Waals surface area contributed by atoms with E-state index in [2.05, 4.69) is 5.32 Å². The van der Waals surface area contributed by atoms with Gasteiger partial charge in [0.2, 0.25) is 5.91 Å². The molecule has 0 radical (unpaired) electrons. The predicted octanol–water partition coefficient (Wildman–Crippen LogP) is 3.19. The van der Waals surface area contributed by atoms with Crippen molar-refractivity contribution in [3.8, 4) is 0 Å². The molecule has 0 fully saturated rings. The molecule has 29 heavy (non-hydrogen) atoms. The molecular formula is C22H25N3O3S. The maximum atomic E-state index is 13.6. The minimum atomic E-state index is -1.00. The molecule has 1 unspecified atom stereocenters. The van der Waals surface area contributed by atoms with Crippen molar-refractivity contribution < 1.29 is 14.3 Å². The Bertz CT molecular complexity index is 1070. The number of ether oxygens (including phenoxy) is 1. The second-order valence-electron chi connectivity index (χ2n) is 7.64. The zero-order valence-electron chi connectivity index (χ0n) is 16.9. The minimum absolute atomic E-state index is 0.118. The highest BCUT2D eigenvalue weighted by molar-refractivity contribution is 7.16. The molecule has 0 saturated carbocycles. The SMILES string of the molecule is COCCNC(=O)C1(C)Cn2c(cc3ccsc32)C(=O)N1Cc1ccccc1C. The topological polar surface area (TPSA) is 63.6 Å². The highest BCUT2D eigenvalue weighted by atomic mass is 32.1. The van der Waals surface area contributed by atoms with E-state index in [-0.39, 0.29) is 11.8 Å². The molecule has 3 aromatic rings. The molecule has 4 rings (SSSR count). The molecule has 3 heterocycles. The van der Waals surface area contributed by atoms with Crippen molar-refractivity contribution in [1.29, 1.82) is 0 Å². The first kappa shape index (κ1) is 19.7. The first-order valence-electron chi connectivity index (χ1n) is 9.66. The summed E-state index contributed by atoms with van der Waals surface area (Å²) in [6.45, 7) is 5.52. The van der Waals surface area contributed by atoms with Gasteiger partial charge in [-0.05, 0) is 42.5 Å². The molecule has 1 aromatic carbocycles. The maximum absolute atomic E-state index is 13.6. The van der Waals surface area contributed by atoms with Crippen LogP contribution in [0.15, 0.2) is 41.8 Å². The number of hydrogen-bond donors (Lipinski definition) is 1. The molecule has 6 nitrogen and oxygen atoms in total. The number of nitrogens with one attached hydrogen (secondary N) is 1. The molecule has 1 aliphatic heterocycles. The second kappa shape index (κ2) is 7.65. The van der Waals surface area contributed by atoms with Crippen molar-refractivity contribution in [2.45, 2.75) is 32.5 Å². The van der Waals surface area contributed by atoms with Crippen LogP contribution in [-0.2, 0) is 22.6 Å². The number of carbonyl (C=O) groups is 2. The van der Waals surface area contributed by atoms with Gasteiger partial charge in [0.1, 0.15) is 16.1 Å². The number of nitrogens with zero attached hydrogens (tertiary/aromatic N) is 2. The Morgan fingerprint density at radius 2 is 2.10 bits per heavy atom. The molecule has 0 spiro atoms. The number of carbonyl (C=O) groups excluding carboxylic acids is 2. The van der Waals surface area contributed by atoms with Crippen molar-refractivity contribution in [2.24, 2.45) is 0 Å². The molecule has 0 saturated heterocycles. The Kier molecular flexibility index (Phi) is 5.19. The van der Waals surface area contributed by atoms with Crippen molar-refractivity contribution in [2.75, 3.05) is 20.3 Å². The normalized spacial score (nSPS) is 18.9. The molecule has 1 aliphatic rings. The van der Waals surface area contributed by atoms with E-state index in [9.17, 15) is 9.59 Å². The average Bonchev–Trinajstić information content (AvgIpc) is 3.29. The standard InChI is InChI=1S/C22H25N3O3S/c1-15-6-4-5-7-17(15)13-25-19(26)18-12-16-8-11-29-20(16)24(18)14-22(25,2)21(27)23-9-10-28-3/h4-8,11-12H,9-10,13-14H2,1-3H3,(H,23,27). The summed E-state index contributed by atoms with van der Waals surface area (Å²) in [4.78, 5) is 29.6. The summed E-state index contributed by atoms with van der Waals surface area (Å²) in [5, 5.41) is 5.99. The van der Waals surface area contributed by atoms with E-state index in [0.717, 1.165) is 21.3 Å². The molecule has 2 amide bonds. The zero-order chi connectivity index (χ0) is 20.6. The van der Waals surface area contributed by atoms with Crippen molar-refractivity contribution in [1.82, 2.24) is 14.8 Å². The van der Waals surface area contributed by atoms with Gasteiger partial charge in [0.25, 0.3) is 5.91 Å². The lowest BCUT2D eigenvalue weighted by Crippen LogP contribution is -2.63. The highest BCUT2D eigenvalue weighted by Crippen LogP contribution is 2.35. The summed E-state index contributed by atoms with van der Waals surface area (Å²) in [7, 11) is 1.60. The molecule has 7 heteroatoms. The van der Waals surface area contributed by atoms with Gasteiger partial charge in [0, 0.05) is 25.6 Å². The monoisotopic (exact) mass is 411 g/mol. The van der Waals surface area contributed by atoms with Crippen LogP contribution in [0.1, 0.15) is 28.5 Å². The number of fused-ring (bicyclic) bond motifs is 3. The van der Waals surface area contributed by atoms with E-state index in [1.807, 2.05) is 60.2 Å². The summed E-state index contributed by atoms with van der Waals surface area (Å²) in [6, 6.07) is 11.9. The Labute approximate surface area is 174 Å². The molecule has 2 aromatic heterocycles. The second-order valence-corrected chi connectivity index (χ2v) is 8.53. The van der Waals surface area contributed by atoms with Gasteiger partial charge in [-0.3, -0.25) is 9.59 Å². The van der Waals surface area contributed by atoms with E-state index in [4.69, 9.17) is 4.74 Å². The van der Waals surface area contributed by atoms with E-state index >= 15 is 0 Å². The summed E-state index contributed by atoms with van der Waals surface area (Å²) >= 11 is 1.59. The van der Waals surface area contributed by atoms with Gasteiger partial charge in [-0.2, -0.15) is 0 Å². The van der Waals surface area contributed by atoms with Gasteiger partial charge in [-0.25, -0.2) is 0 Å². The summed E-state index contributed by atoms with van der Waals surface area (Å²) in [6.07, 6.45) is 0. The summed E-state index contributed by atoms with van der Waals surface area (Å²) in [5.41, 5.74) is 1.78. The lowest BCUT2D eigenvalue weighted by molar-refractivity contribution is -0.133. The number of thiophene rings is 1. The third-order valence-corrected chi connectivity index (χ3v) is 6.65. The van der Waals surface area contributed by atoms with E-state index in [0.29, 0.717) is 31.9 Å². The van der Waals surface area contributed by atoms with E-state index in [1.54, 1.807) is 23.3 Å². The molecule has 152 valence electrons. The molecule has 1 atom stereocenters. The number of hydrogen-bond acceptors (Lipinski definition) is 4. The van der Waals surface area contributed by atoms with Crippen LogP contribution in [0.4, 0.5) is 0 Å². The van der Waals surface area contributed by atoms with Crippen LogP contribution in [-0.4, -0.2) is 47.1 Å². The number of rotatable bonds is 6. The third-order valence-electron chi connectivity index (χ3n) is 5.70. The van der Waals surface area contributed by atoms with Crippen LogP contribution in [0, 0.1) is 6.92 Å². The van der Waals surface area contributed by atoms with Gasteiger partial charge in [-0.1, -0.05) is 24.3 Å². The number of methoxy groups -OCH3 is 1. The van der Waals surface area contributed by atoms with Crippen molar-refractivity contribution in [3.05, 3.63) is 58.6 Å². The first-order valence-corrected chi connectivity index (χ1v) is 10.5. The fraction of sp³-hybridized carbons (Fsp3) is 0.364. The van der Waals surface area contributed by atoms with Crippen LogP contribution in [0.3, 0.4) is 0 Å². The Morgan fingerprint density at radius 3 is 2.86 bits per heavy atom. The Morgan fingerprint density at radius 1 is 1.31 bits per heavy atom. The van der Waals surface area contributed by atoms with Crippen LogP contribution in [0.2, 0.25) is 0 Å². The van der Waals surface area contributed by atoms with Gasteiger partial charge in [0.05, 0.1) is 13.2 Å². The van der Waals surface area contributed by atoms with Crippen LogP contribution in [0.5, 0.6) is 0 Å². The predicted molar refractivity (Wildman–Crippen MR) is 114 cm³/mol. The van der Waals surface area contributed by atoms with Crippen LogP contribution in [0.25, 0.3) is 10.2 Å². The van der Waals surface area contributed by atoms with Gasteiger partial charge in [0.15, 0.2) is 0 Å². The van der Waals surface area contributed by atoms with E-state index in [1.165, 1.54) is 0 Å². The number of amides is 2. The van der Waals surface area contributed by atoms with Gasteiger partial charge < -0.3 is 19.5 Å². The fourth-order valence-corrected chi connectivity index (χ4v) is 4.82. The zero-order valence-corrected chi connectivity index (χ0v) is 17.7. The third kappa shape index (κ3) is 3.34. The fourth-order valence-electron chi connectivity index (χ4n) is 3.92. The quantitative estimate of drug-likeness (QED) is 0.634. The van der Waals surface area contributed by atoms with Crippen molar-refractivity contribution >= 4 is 33.4 Å². The summed E-state index contributed by atoms with van der Waals surface area (Å²) in [5.74, 6) is -0.284. The van der Waals surface area contributed by atoms with Gasteiger partial charge >= 0.3 is 0 Å². The smallest absolute Gasteiger partial charge is 0.271 e. The Hall–Kier alpha value is -2.64.